The van der Waals surface area contributed by atoms with Crippen molar-refractivity contribution in [1.29, 1.82) is 0 Å². The van der Waals surface area contributed by atoms with Crippen molar-refractivity contribution in [3.63, 3.8) is 0 Å². The van der Waals surface area contributed by atoms with Gasteiger partial charge in [0.05, 0.1) is 4.47 Å². The van der Waals surface area contributed by atoms with Crippen molar-refractivity contribution in [2.75, 3.05) is 0 Å². The minimum atomic E-state index is -2.62. The molecule has 0 fully saturated rings. The Balaban J connectivity index is 3.28. The molecule has 1 aromatic heterocycles. The summed E-state index contributed by atoms with van der Waals surface area (Å²) in [5.41, 5.74) is -0.823. The molecule has 0 atom stereocenters. The van der Waals surface area contributed by atoms with Crippen LogP contribution in [0.15, 0.2) is 21.5 Å². The van der Waals surface area contributed by atoms with Crippen LogP contribution in [-0.4, -0.2) is 4.98 Å². The Morgan fingerprint density at radius 1 is 1.55 bits per heavy atom. The summed E-state index contributed by atoms with van der Waals surface area (Å²) in [6.07, 6.45) is -1.43. The third-order valence-corrected chi connectivity index (χ3v) is 1.98. The van der Waals surface area contributed by atoms with Crippen LogP contribution < -0.4 is 5.56 Å². The molecular formula is C6H4BrF2NO. The van der Waals surface area contributed by atoms with Gasteiger partial charge in [0, 0.05) is 11.8 Å². The lowest BCUT2D eigenvalue weighted by molar-refractivity contribution is 0.150. The minimum absolute atomic E-state index is 0.102. The fourth-order valence-corrected chi connectivity index (χ4v) is 1.06. The summed E-state index contributed by atoms with van der Waals surface area (Å²) in [6.45, 7) is 0. The fraction of sp³-hybridized carbons (Fsp3) is 0.167. The van der Waals surface area contributed by atoms with E-state index in [1.54, 1.807) is 0 Å². The molecule has 60 valence electrons. The monoisotopic (exact) mass is 223 g/mol. The van der Waals surface area contributed by atoms with Gasteiger partial charge in [0.2, 0.25) is 0 Å². The molecule has 0 aliphatic rings. The zero-order valence-corrected chi connectivity index (χ0v) is 6.86. The molecule has 0 amide bonds. The molecule has 1 N–H and O–H groups in total. The summed E-state index contributed by atoms with van der Waals surface area (Å²) in [5.74, 6) is 0. The molecule has 11 heavy (non-hydrogen) atoms. The van der Waals surface area contributed by atoms with Crippen LogP contribution in [0.4, 0.5) is 8.78 Å². The van der Waals surface area contributed by atoms with Crippen molar-refractivity contribution in [2.45, 2.75) is 6.43 Å². The second kappa shape index (κ2) is 3.13. The lowest BCUT2D eigenvalue weighted by Gasteiger charge is -1.99. The first-order chi connectivity index (χ1) is 5.13. The van der Waals surface area contributed by atoms with Gasteiger partial charge < -0.3 is 4.98 Å². The Labute approximate surface area is 69.4 Å². The van der Waals surface area contributed by atoms with E-state index in [2.05, 4.69) is 20.9 Å². The van der Waals surface area contributed by atoms with E-state index in [9.17, 15) is 13.6 Å². The number of nitrogens with one attached hydrogen (secondary N) is 1. The number of hydrogen-bond acceptors (Lipinski definition) is 1. The standard InChI is InChI=1S/C6H4BrF2NO/c7-4-3(5(8)9)1-2-10-6(4)11/h1-2,5H,(H,10,11). The van der Waals surface area contributed by atoms with Gasteiger partial charge in [0.1, 0.15) is 0 Å². The number of alkyl halides is 2. The van der Waals surface area contributed by atoms with Crippen LogP contribution in [0.1, 0.15) is 12.0 Å². The maximum Gasteiger partial charge on any atom is 0.265 e. The lowest BCUT2D eigenvalue weighted by Crippen LogP contribution is -2.08. The summed E-state index contributed by atoms with van der Waals surface area (Å²) < 4.78 is 23.9. The molecule has 5 heteroatoms. The van der Waals surface area contributed by atoms with Crippen molar-refractivity contribution < 1.29 is 8.78 Å². The Morgan fingerprint density at radius 2 is 2.18 bits per heavy atom. The average molecular weight is 224 g/mol. The molecule has 0 saturated heterocycles. The predicted octanol–water partition coefficient (Wildman–Crippen LogP) is 2.08. The van der Waals surface area contributed by atoms with E-state index in [-0.39, 0.29) is 10.0 Å². The number of aromatic nitrogens is 1. The summed E-state index contributed by atoms with van der Waals surface area (Å²) in [4.78, 5) is 13.0. The van der Waals surface area contributed by atoms with Gasteiger partial charge in [0.25, 0.3) is 12.0 Å². The van der Waals surface area contributed by atoms with Crippen molar-refractivity contribution in [1.82, 2.24) is 4.98 Å². The van der Waals surface area contributed by atoms with E-state index in [0.717, 1.165) is 6.07 Å². The highest BCUT2D eigenvalue weighted by molar-refractivity contribution is 9.10. The van der Waals surface area contributed by atoms with Gasteiger partial charge in [-0.25, -0.2) is 8.78 Å². The third kappa shape index (κ3) is 1.65. The number of hydrogen-bond donors (Lipinski definition) is 1. The molecule has 0 spiro atoms. The average Bonchev–Trinajstić information content (AvgIpc) is 1.94. The number of aromatic amines is 1. The van der Waals surface area contributed by atoms with Gasteiger partial charge in [-0.15, -0.1) is 0 Å². The highest BCUT2D eigenvalue weighted by Crippen LogP contribution is 2.23. The van der Waals surface area contributed by atoms with Gasteiger partial charge in [-0.3, -0.25) is 4.79 Å². The van der Waals surface area contributed by atoms with Gasteiger partial charge in [-0.2, -0.15) is 0 Å². The molecule has 0 unspecified atom stereocenters. The number of pyridine rings is 1. The van der Waals surface area contributed by atoms with Crippen LogP contribution in [0.5, 0.6) is 0 Å². The maximum atomic E-state index is 12.0. The van der Waals surface area contributed by atoms with Crippen LogP contribution in [0.2, 0.25) is 0 Å². The van der Waals surface area contributed by atoms with E-state index in [1.807, 2.05) is 0 Å². The zero-order chi connectivity index (χ0) is 8.43. The van der Waals surface area contributed by atoms with Crippen LogP contribution in [0.25, 0.3) is 0 Å². The van der Waals surface area contributed by atoms with E-state index >= 15 is 0 Å². The Hall–Kier alpha value is -0.710. The first-order valence-electron chi connectivity index (χ1n) is 2.78. The number of H-pyrrole nitrogens is 1. The zero-order valence-electron chi connectivity index (χ0n) is 5.27. The van der Waals surface area contributed by atoms with Crippen LogP contribution in [0, 0.1) is 0 Å². The number of halogens is 3. The first kappa shape index (κ1) is 8.39. The summed E-state index contributed by atoms with van der Waals surface area (Å²) >= 11 is 2.76. The van der Waals surface area contributed by atoms with Crippen molar-refractivity contribution in [2.24, 2.45) is 0 Å². The second-order valence-corrected chi connectivity index (χ2v) is 2.67. The SMILES string of the molecule is O=c1[nH]ccc(C(F)F)c1Br. The topological polar surface area (TPSA) is 32.9 Å². The molecule has 0 saturated carbocycles. The number of rotatable bonds is 1. The van der Waals surface area contributed by atoms with Crippen LogP contribution in [-0.2, 0) is 0 Å². The highest BCUT2D eigenvalue weighted by Gasteiger charge is 2.12. The molecule has 0 aliphatic heterocycles. The molecule has 1 heterocycles. The van der Waals surface area contributed by atoms with Crippen LogP contribution >= 0.6 is 15.9 Å². The normalized spacial score (nSPS) is 10.5. The third-order valence-electron chi connectivity index (χ3n) is 1.17. The quantitative estimate of drug-likeness (QED) is 0.778. The highest BCUT2D eigenvalue weighted by atomic mass is 79.9. The molecule has 0 radical (unpaired) electrons. The van der Waals surface area contributed by atoms with Crippen molar-refractivity contribution >= 4 is 15.9 Å². The summed E-state index contributed by atoms with van der Waals surface area (Å²) in [5, 5.41) is 0. The molecule has 0 bridgehead atoms. The van der Waals surface area contributed by atoms with Crippen molar-refractivity contribution in [3.05, 3.63) is 32.7 Å². The lowest BCUT2D eigenvalue weighted by atomic mass is 10.3. The van der Waals surface area contributed by atoms with E-state index in [0.29, 0.717) is 0 Å². The predicted molar refractivity (Wildman–Crippen MR) is 39.7 cm³/mol. The second-order valence-electron chi connectivity index (χ2n) is 1.88. The molecule has 1 rings (SSSR count). The van der Waals surface area contributed by atoms with E-state index in [4.69, 9.17) is 0 Å². The Bertz CT molecular complexity index is 310. The summed E-state index contributed by atoms with van der Waals surface area (Å²) in [6, 6.07) is 1.16. The van der Waals surface area contributed by atoms with Gasteiger partial charge in [-0.1, -0.05) is 0 Å². The van der Waals surface area contributed by atoms with E-state index in [1.165, 1.54) is 6.20 Å². The molecule has 0 aliphatic carbocycles. The first-order valence-corrected chi connectivity index (χ1v) is 3.57. The Morgan fingerprint density at radius 3 is 2.64 bits per heavy atom. The van der Waals surface area contributed by atoms with Gasteiger partial charge in [-0.05, 0) is 22.0 Å². The molecule has 2 nitrogen and oxygen atoms in total. The largest absolute Gasteiger partial charge is 0.328 e. The summed E-state index contributed by atoms with van der Waals surface area (Å²) in [7, 11) is 0. The van der Waals surface area contributed by atoms with E-state index < -0.39 is 12.0 Å². The molecule has 0 aromatic carbocycles. The van der Waals surface area contributed by atoms with Gasteiger partial charge >= 0.3 is 0 Å². The maximum absolute atomic E-state index is 12.0. The fourth-order valence-electron chi connectivity index (χ4n) is 0.643. The van der Waals surface area contributed by atoms with Crippen molar-refractivity contribution in [3.8, 4) is 0 Å². The smallest absolute Gasteiger partial charge is 0.265 e. The molecule has 1 aromatic rings. The Kier molecular flexibility index (Phi) is 2.38. The van der Waals surface area contributed by atoms with Gasteiger partial charge in [0.15, 0.2) is 0 Å². The van der Waals surface area contributed by atoms with Crippen LogP contribution in [0.3, 0.4) is 0 Å². The minimum Gasteiger partial charge on any atom is -0.328 e. The molecular weight excluding hydrogens is 220 g/mol.